The van der Waals surface area contributed by atoms with Gasteiger partial charge in [0, 0.05) is 12.3 Å². The van der Waals surface area contributed by atoms with E-state index in [1.54, 1.807) is 6.08 Å². The summed E-state index contributed by atoms with van der Waals surface area (Å²) >= 11 is 8.99. The Hall–Kier alpha value is -0.610. The molecule has 0 saturated carbocycles. The minimum absolute atomic E-state index is 0.0158. The van der Waals surface area contributed by atoms with E-state index in [1.807, 2.05) is 19.9 Å². The predicted octanol–water partition coefficient (Wildman–Crippen LogP) is 3.65. The fourth-order valence-electron chi connectivity index (χ4n) is 1.40. The number of allylic oxidation sites excluding steroid dienone is 3. The first-order valence-corrected chi connectivity index (χ1v) is 7.71. The highest BCUT2D eigenvalue weighted by atomic mass is 79.9. The molecule has 0 heterocycles. The number of Topliss-reactive ketones (excluding diaryl/α,β-unsaturated/α-hetero) is 1. The molecule has 108 valence electrons. The van der Waals surface area contributed by atoms with Gasteiger partial charge >= 0.3 is 5.97 Å². The average Bonchev–Trinajstić information content (AvgIpc) is 2.36. The van der Waals surface area contributed by atoms with Gasteiger partial charge < -0.3 is 4.74 Å². The highest BCUT2D eigenvalue weighted by Crippen LogP contribution is 2.16. The SMILES string of the molecule is CC(=O)OCC=C(C)CC(=CC(C)CBr)C(=O)CCl. The summed E-state index contributed by atoms with van der Waals surface area (Å²) in [6, 6.07) is 0. The number of halogens is 2. The molecule has 0 aromatic rings. The number of rotatable bonds is 8. The fourth-order valence-corrected chi connectivity index (χ4v) is 1.76. The maximum atomic E-state index is 11.8. The molecule has 0 bridgehead atoms. The molecule has 3 nitrogen and oxygen atoms in total. The standard InChI is InChI=1S/C14H20BrClO3/c1-10(4-5-19-12(3)17)6-13(14(18)9-16)7-11(2)8-15/h4,7,11H,5-6,8-9H2,1-3H3. The second-order valence-electron chi connectivity index (χ2n) is 4.41. The van der Waals surface area contributed by atoms with E-state index in [4.69, 9.17) is 16.3 Å². The van der Waals surface area contributed by atoms with Crippen LogP contribution < -0.4 is 0 Å². The largest absolute Gasteiger partial charge is 0.462 e. The lowest BCUT2D eigenvalue weighted by Gasteiger charge is -2.09. The van der Waals surface area contributed by atoms with Gasteiger partial charge in [-0.15, -0.1) is 11.6 Å². The minimum atomic E-state index is -0.315. The predicted molar refractivity (Wildman–Crippen MR) is 81.8 cm³/mol. The summed E-state index contributed by atoms with van der Waals surface area (Å²) in [6.07, 6.45) is 4.27. The molecule has 0 aromatic heterocycles. The molecule has 1 atom stereocenters. The van der Waals surface area contributed by atoms with Crippen molar-refractivity contribution in [1.29, 1.82) is 0 Å². The monoisotopic (exact) mass is 350 g/mol. The zero-order chi connectivity index (χ0) is 14.8. The summed E-state index contributed by atoms with van der Waals surface area (Å²) in [4.78, 5) is 22.4. The summed E-state index contributed by atoms with van der Waals surface area (Å²) in [7, 11) is 0. The van der Waals surface area contributed by atoms with E-state index in [1.165, 1.54) is 6.92 Å². The highest BCUT2D eigenvalue weighted by Gasteiger charge is 2.10. The van der Waals surface area contributed by atoms with Gasteiger partial charge in [-0.2, -0.15) is 0 Å². The van der Waals surface area contributed by atoms with Gasteiger partial charge in [0.2, 0.25) is 0 Å². The highest BCUT2D eigenvalue weighted by molar-refractivity contribution is 9.09. The van der Waals surface area contributed by atoms with Crippen LogP contribution in [0.1, 0.15) is 27.2 Å². The van der Waals surface area contributed by atoms with Crippen molar-refractivity contribution in [3.05, 3.63) is 23.3 Å². The smallest absolute Gasteiger partial charge is 0.302 e. The average molecular weight is 352 g/mol. The van der Waals surface area contributed by atoms with E-state index in [0.717, 1.165) is 10.9 Å². The van der Waals surface area contributed by atoms with Gasteiger partial charge in [-0.3, -0.25) is 9.59 Å². The van der Waals surface area contributed by atoms with Gasteiger partial charge in [0.1, 0.15) is 6.61 Å². The maximum absolute atomic E-state index is 11.8. The number of carbonyl (C=O) groups excluding carboxylic acids is 2. The zero-order valence-corrected chi connectivity index (χ0v) is 13.9. The topological polar surface area (TPSA) is 43.4 Å². The Morgan fingerprint density at radius 2 is 2.00 bits per heavy atom. The number of esters is 1. The van der Waals surface area contributed by atoms with Crippen molar-refractivity contribution >= 4 is 39.3 Å². The van der Waals surface area contributed by atoms with E-state index in [2.05, 4.69) is 15.9 Å². The summed E-state index contributed by atoms with van der Waals surface area (Å²) < 4.78 is 4.83. The van der Waals surface area contributed by atoms with Gasteiger partial charge in [0.25, 0.3) is 0 Å². The van der Waals surface area contributed by atoms with Crippen LogP contribution in [0.4, 0.5) is 0 Å². The van der Waals surface area contributed by atoms with Crippen LogP contribution in [0.25, 0.3) is 0 Å². The molecule has 1 unspecified atom stereocenters. The van der Waals surface area contributed by atoms with E-state index >= 15 is 0 Å². The van der Waals surface area contributed by atoms with Crippen LogP contribution in [-0.4, -0.2) is 29.6 Å². The van der Waals surface area contributed by atoms with Crippen LogP contribution in [0.2, 0.25) is 0 Å². The van der Waals surface area contributed by atoms with Crippen LogP contribution in [0.5, 0.6) is 0 Å². The lowest BCUT2D eigenvalue weighted by molar-refractivity contribution is -0.139. The Balaban J connectivity index is 4.68. The third-order valence-corrected chi connectivity index (χ3v) is 3.66. The molecular weight excluding hydrogens is 332 g/mol. The number of ketones is 1. The van der Waals surface area contributed by atoms with Crippen molar-refractivity contribution in [2.45, 2.75) is 27.2 Å². The van der Waals surface area contributed by atoms with Gasteiger partial charge in [0.15, 0.2) is 5.78 Å². The first kappa shape index (κ1) is 18.4. The molecule has 0 aromatic carbocycles. The quantitative estimate of drug-likeness (QED) is 0.290. The van der Waals surface area contributed by atoms with E-state index in [9.17, 15) is 9.59 Å². The van der Waals surface area contributed by atoms with E-state index in [0.29, 0.717) is 12.0 Å². The molecule has 0 fully saturated rings. The van der Waals surface area contributed by atoms with Gasteiger partial charge in [0.05, 0.1) is 5.88 Å². The third-order valence-electron chi connectivity index (χ3n) is 2.40. The number of hydrogen-bond acceptors (Lipinski definition) is 3. The molecule has 0 aliphatic heterocycles. The number of carbonyl (C=O) groups is 2. The molecule has 19 heavy (non-hydrogen) atoms. The Morgan fingerprint density at radius 1 is 1.37 bits per heavy atom. The molecule has 0 aliphatic carbocycles. The summed E-state index contributed by atoms with van der Waals surface area (Å²) in [5, 5.41) is 0.794. The van der Waals surface area contributed by atoms with Crippen LogP contribution in [-0.2, 0) is 14.3 Å². The first-order valence-electron chi connectivity index (χ1n) is 6.05. The fraction of sp³-hybridized carbons (Fsp3) is 0.571. The van der Waals surface area contributed by atoms with E-state index in [-0.39, 0.29) is 30.2 Å². The molecule has 0 aliphatic rings. The number of ether oxygens (including phenoxy) is 1. The Kier molecular flexibility index (Phi) is 9.88. The summed E-state index contributed by atoms with van der Waals surface area (Å²) in [5.41, 5.74) is 1.69. The second kappa shape index (κ2) is 10.2. The first-order chi connectivity index (χ1) is 8.90. The van der Waals surface area contributed by atoms with Gasteiger partial charge in [-0.05, 0) is 30.9 Å². The third kappa shape index (κ3) is 9.00. The summed E-state index contributed by atoms with van der Waals surface area (Å²) in [5.74, 6) is -0.124. The lowest BCUT2D eigenvalue weighted by atomic mass is 9.99. The molecule has 0 N–H and O–H groups in total. The Bertz CT molecular complexity index is 375. The molecule has 5 heteroatoms. The molecule has 0 spiro atoms. The maximum Gasteiger partial charge on any atom is 0.302 e. The van der Waals surface area contributed by atoms with Crippen LogP contribution in [0, 0.1) is 5.92 Å². The number of alkyl halides is 2. The minimum Gasteiger partial charge on any atom is -0.462 e. The Morgan fingerprint density at radius 3 is 2.47 bits per heavy atom. The van der Waals surface area contributed by atoms with Crippen LogP contribution in [0.3, 0.4) is 0 Å². The molecule has 0 amide bonds. The molecule has 0 radical (unpaired) electrons. The molecule has 0 rings (SSSR count). The van der Waals surface area contributed by atoms with E-state index < -0.39 is 0 Å². The van der Waals surface area contributed by atoms with Crippen molar-refractivity contribution < 1.29 is 14.3 Å². The lowest BCUT2D eigenvalue weighted by Crippen LogP contribution is -2.07. The summed E-state index contributed by atoms with van der Waals surface area (Å²) in [6.45, 7) is 5.52. The van der Waals surface area contributed by atoms with Crippen LogP contribution in [0.15, 0.2) is 23.3 Å². The molecule has 0 saturated heterocycles. The van der Waals surface area contributed by atoms with Crippen molar-refractivity contribution in [3.8, 4) is 0 Å². The van der Waals surface area contributed by atoms with Gasteiger partial charge in [-0.25, -0.2) is 0 Å². The van der Waals surface area contributed by atoms with Crippen molar-refractivity contribution in [2.24, 2.45) is 5.92 Å². The van der Waals surface area contributed by atoms with Crippen molar-refractivity contribution in [2.75, 3.05) is 17.8 Å². The normalized spacial score (nSPS) is 14.2. The zero-order valence-electron chi connectivity index (χ0n) is 11.5. The second-order valence-corrected chi connectivity index (χ2v) is 5.32. The van der Waals surface area contributed by atoms with Crippen LogP contribution >= 0.6 is 27.5 Å². The van der Waals surface area contributed by atoms with Crippen molar-refractivity contribution in [3.63, 3.8) is 0 Å². The molecular formula is C14H20BrClO3. The number of hydrogen-bond donors (Lipinski definition) is 0. The van der Waals surface area contributed by atoms with Gasteiger partial charge in [-0.1, -0.05) is 34.5 Å². The Labute approximate surface area is 128 Å². The van der Waals surface area contributed by atoms with Crippen molar-refractivity contribution in [1.82, 2.24) is 0 Å².